The van der Waals surface area contributed by atoms with Gasteiger partial charge in [0.1, 0.15) is 5.82 Å². The second-order valence-corrected chi connectivity index (χ2v) is 7.14. The van der Waals surface area contributed by atoms with Gasteiger partial charge in [-0.15, -0.1) is 5.10 Å². The second kappa shape index (κ2) is 8.38. The fraction of sp³-hybridized carbons (Fsp3) is 0.333. The molecule has 0 fully saturated rings. The maximum absolute atomic E-state index is 13.1. The van der Waals surface area contributed by atoms with Crippen molar-refractivity contribution in [1.29, 1.82) is 0 Å². The number of ether oxygens (including phenoxy) is 2. The molecule has 31 heavy (non-hydrogen) atoms. The van der Waals surface area contributed by atoms with Crippen LogP contribution in [0.4, 0.5) is 14.6 Å². The Hall–Kier alpha value is -3.40. The lowest BCUT2D eigenvalue weighted by Crippen LogP contribution is -2.30. The Kier molecular flexibility index (Phi) is 5.64. The van der Waals surface area contributed by atoms with Crippen LogP contribution in [0.5, 0.6) is 5.88 Å². The number of alkyl halides is 2. The van der Waals surface area contributed by atoms with E-state index in [-0.39, 0.29) is 24.4 Å². The third kappa shape index (κ3) is 4.11. The second-order valence-electron chi connectivity index (χ2n) is 7.14. The van der Waals surface area contributed by atoms with Crippen molar-refractivity contribution in [3.8, 4) is 5.88 Å². The van der Waals surface area contributed by atoms with Crippen LogP contribution in [0.25, 0.3) is 10.9 Å². The molecule has 0 unspecified atom stereocenters. The first-order valence-corrected chi connectivity index (χ1v) is 9.77. The number of carbonyl (C=O) groups is 1. The molecule has 0 radical (unpaired) electrons. The highest BCUT2D eigenvalue weighted by Crippen LogP contribution is 2.38. The smallest absolute Gasteiger partial charge is 0.388 e. The summed E-state index contributed by atoms with van der Waals surface area (Å²) in [5.41, 5.74) is 9.56. The average molecular weight is 429 g/mol. The Bertz CT molecular complexity index is 1120. The number of nitrogen functional groups attached to an aromatic ring is 1. The summed E-state index contributed by atoms with van der Waals surface area (Å²) in [6.07, 6.45) is -0.144. The molecule has 10 heteroatoms. The summed E-state index contributed by atoms with van der Waals surface area (Å²) in [5, 5.41) is 8.31. The number of hydrogen-bond acceptors (Lipinski definition) is 7. The molecule has 0 bridgehead atoms. The highest BCUT2D eigenvalue weighted by Gasteiger charge is 2.26. The molecule has 2 aromatic heterocycles. The van der Waals surface area contributed by atoms with Crippen molar-refractivity contribution < 1.29 is 23.0 Å². The van der Waals surface area contributed by atoms with E-state index >= 15 is 0 Å². The van der Waals surface area contributed by atoms with Crippen molar-refractivity contribution in [3.05, 3.63) is 52.7 Å². The molecular formula is C21H21F2N5O3. The van der Waals surface area contributed by atoms with Crippen molar-refractivity contribution in [2.45, 2.75) is 39.7 Å². The molecule has 4 rings (SSSR count). The number of amides is 1. The van der Waals surface area contributed by atoms with Crippen LogP contribution in [-0.4, -0.2) is 39.1 Å². The number of anilines is 1. The normalized spacial score (nSPS) is 15.3. The standard InChI is InChI=1S/C21H21F2N5O3/c1-3-28(9-13-5-7-17(27-26-13)31-21(22)23)20(29)12-4-6-16-14(8-12)15-10-30-11(2)18(15)19(24)25-16/h4-8,11,21H,3,9-10H2,1-2H3,(H2,24,25)/t11-/m1/s1. The fourth-order valence-corrected chi connectivity index (χ4v) is 3.69. The molecule has 3 heterocycles. The first-order valence-electron chi connectivity index (χ1n) is 9.77. The van der Waals surface area contributed by atoms with Gasteiger partial charge in [0.25, 0.3) is 5.91 Å². The molecule has 162 valence electrons. The van der Waals surface area contributed by atoms with Gasteiger partial charge in [-0.3, -0.25) is 4.79 Å². The van der Waals surface area contributed by atoms with E-state index in [1.165, 1.54) is 12.1 Å². The topological polar surface area (TPSA) is 103 Å². The minimum absolute atomic E-state index is 0.144. The predicted octanol–water partition coefficient (Wildman–Crippen LogP) is 3.46. The molecule has 0 saturated heterocycles. The van der Waals surface area contributed by atoms with Gasteiger partial charge in [0.05, 0.1) is 30.5 Å². The van der Waals surface area contributed by atoms with E-state index in [4.69, 9.17) is 10.5 Å². The summed E-state index contributed by atoms with van der Waals surface area (Å²) in [5.74, 6) is -0.0315. The molecule has 0 saturated carbocycles. The Balaban J connectivity index is 1.59. The Labute approximate surface area is 177 Å². The quantitative estimate of drug-likeness (QED) is 0.640. The number of halogens is 2. The summed E-state index contributed by atoms with van der Waals surface area (Å²) >= 11 is 0. The highest BCUT2D eigenvalue weighted by atomic mass is 19.3. The van der Waals surface area contributed by atoms with Gasteiger partial charge in [-0.05, 0) is 43.7 Å². The highest BCUT2D eigenvalue weighted by molar-refractivity contribution is 5.99. The van der Waals surface area contributed by atoms with Gasteiger partial charge in [-0.1, -0.05) is 0 Å². The molecular weight excluding hydrogens is 408 g/mol. The number of pyridine rings is 1. The number of nitrogens with two attached hydrogens (primary N) is 1. The summed E-state index contributed by atoms with van der Waals surface area (Å²) in [6, 6.07) is 8.07. The zero-order valence-electron chi connectivity index (χ0n) is 17.0. The SMILES string of the molecule is CCN(Cc1ccc(OC(F)F)nn1)C(=O)c1ccc2nc(N)c3c(c2c1)CO[C@@H]3C. The molecule has 2 N–H and O–H groups in total. The van der Waals surface area contributed by atoms with Gasteiger partial charge in [0.2, 0.25) is 5.88 Å². The monoisotopic (exact) mass is 429 g/mol. The molecule has 0 aliphatic carbocycles. The molecule has 3 aromatic rings. The largest absolute Gasteiger partial charge is 0.415 e. The maximum atomic E-state index is 13.1. The number of fused-ring (bicyclic) bond motifs is 3. The van der Waals surface area contributed by atoms with E-state index in [1.807, 2.05) is 13.8 Å². The van der Waals surface area contributed by atoms with Gasteiger partial charge >= 0.3 is 6.61 Å². The van der Waals surface area contributed by atoms with Gasteiger partial charge in [-0.25, -0.2) is 4.98 Å². The summed E-state index contributed by atoms with van der Waals surface area (Å²) in [7, 11) is 0. The summed E-state index contributed by atoms with van der Waals surface area (Å²) in [4.78, 5) is 19.2. The van der Waals surface area contributed by atoms with Crippen LogP contribution < -0.4 is 10.5 Å². The van der Waals surface area contributed by atoms with Gasteiger partial charge in [0.15, 0.2) is 0 Å². The van der Waals surface area contributed by atoms with Crippen molar-refractivity contribution in [1.82, 2.24) is 20.1 Å². The van der Waals surface area contributed by atoms with Gasteiger partial charge < -0.3 is 20.1 Å². The van der Waals surface area contributed by atoms with Crippen LogP contribution in [0.2, 0.25) is 0 Å². The number of hydrogen-bond donors (Lipinski definition) is 1. The lowest BCUT2D eigenvalue weighted by molar-refractivity contribution is -0.0534. The first kappa shape index (κ1) is 20.9. The summed E-state index contributed by atoms with van der Waals surface area (Å²) < 4.78 is 34.4. The number of nitrogens with zero attached hydrogens (tertiary/aromatic N) is 4. The minimum atomic E-state index is -2.97. The van der Waals surface area contributed by atoms with E-state index < -0.39 is 6.61 Å². The molecule has 1 amide bonds. The molecule has 1 aliphatic rings. The lowest BCUT2D eigenvalue weighted by Gasteiger charge is -2.21. The van der Waals surface area contributed by atoms with Crippen LogP contribution in [0.3, 0.4) is 0 Å². The number of benzene rings is 1. The van der Waals surface area contributed by atoms with Gasteiger partial charge in [0, 0.05) is 29.1 Å². The Morgan fingerprint density at radius 2 is 2.13 bits per heavy atom. The molecule has 1 aliphatic heterocycles. The lowest BCUT2D eigenvalue weighted by atomic mass is 10.00. The molecule has 0 spiro atoms. The zero-order valence-corrected chi connectivity index (χ0v) is 17.0. The van der Waals surface area contributed by atoms with E-state index in [2.05, 4.69) is 19.9 Å². The van der Waals surface area contributed by atoms with Crippen molar-refractivity contribution in [2.75, 3.05) is 12.3 Å². The molecule has 1 atom stereocenters. The van der Waals surface area contributed by atoms with Gasteiger partial charge in [-0.2, -0.15) is 13.9 Å². The van der Waals surface area contributed by atoms with E-state index in [9.17, 15) is 13.6 Å². The Morgan fingerprint density at radius 1 is 1.32 bits per heavy atom. The van der Waals surface area contributed by atoms with Crippen molar-refractivity contribution in [3.63, 3.8) is 0 Å². The van der Waals surface area contributed by atoms with Crippen LogP contribution in [0.1, 0.15) is 47.1 Å². The van der Waals surface area contributed by atoms with Crippen molar-refractivity contribution >= 4 is 22.6 Å². The van der Waals surface area contributed by atoms with Crippen LogP contribution in [0, 0.1) is 0 Å². The fourth-order valence-electron chi connectivity index (χ4n) is 3.69. The third-order valence-electron chi connectivity index (χ3n) is 5.22. The number of carbonyl (C=O) groups excluding carboxylic acids is 1. The van der Waals surface area contributed by atoms with E-state index in [0.29, 0.717) is 35.7 Å². The van der Waals surface area contributed by atoms with E-state index in [0.717, 1.165) is 16.5 Å². The van der Waals surface area contributed by atoms with E-state index in [1.54, 1.807) is 23.1 Å². The van der Waals surface area contributed by atoms with Crippen LogP contribution >= 0.6 is 0 Å². The Morgan fingerprint density at radius 3 is 2.81 bits per heavy atom. The molecule has 8 nitrogen and oxygen atoms in total. The number of aromatic nitrogens is 3. The van der Waals surface area contributed by atoms with Crippen molar-refractivity contribution in [2.24, 2.45) is 0 Å². The van der Waals surface area contributed by atoms with Crippen LogP contribution in [-0.2, 0) is 17.9 Å². The third-order valence-corrected chi connectivity index (χ3v) is 5.22. The molecule has 1 aromatic carbocycles. The predicted molar refractivity (Wildman–Crippen MR) is 108 cm³/mol. The first-order chi connectivity index (χ1) is 14.9. The minimum Gasteiger partial charge on any atom is -0.415 e. The average Bonchev–Trinajstić information content (AvgIpc) is 3.15. The summed E-state index contributed by atoms with van der Waals surface area (Å²) in [6.45, 7) is 1.80. The zero-order chi connectivity index (χ0) is 22.1. The number of rotatable bonds is 6. The van der Waals surface area contributed by atoms with Crippen LogP contribution in [0.15, 0.2) is 30.3 Å². The maximum Gasteiger partial charge on any atom is 0.388 e.